The van der Waals surface area contributed by atoms with Crippen molar-refractivity contribution < 1.29 is 28.6 Å². The molecule has 2 aromatic carbocycles. The molecule has 2 N–H and O–H groups in total. The van der Waals surface area contributed by atoms with E-state index in [1.807, 2.05) is 0 Å². The second-order valence-electron chi connectivity index (χ2n) is 5.62. The second-order valence-corrected chi connectivity index (χ2v) is 5.62. The van der Waals surface area contributed by atoms with Crippen LogP contribution in [0.5, 0.6) is 11.5 Å². The molecule has 2 aromatic rings. The number of carbonyl (C=O) groups excluding carboxylic acids is 3. The normalized spacial score (nSPS) is 9.96. The molecule has 0 aliphatic rings. The summed E-state index contributed by atoms with van der Waals surface area (Å²) in [6, 6.07) is 11.2. The van der Waals surface area contributed by atoms with Crippen molar-refractivity contribution in [1.29, 1.82) is 0 Å². The van der Waals surface area contributed by atoms with Crippen molar-refractivity contribution in [3.63, 3.8) is 0 Å². The van der Waals surface area contributed by atoms with Crippen molar-refractivity contribution in [3.8, 4) is 11.5 Å². The smallest absolute Gasteiger partial charge is 0.338 e. The lowest BCUT2D eigenvalue weighted by atomic mass is 10.2. The Bertz CT molecular complexity index is 848. The summed E-state index contributed by atoms with van der Waals surface area (Å²) in [7, 11) is 3.05. The molecule has 0 bridgehead atoms. The molecular weight excluding hydrogens is 364 g/mol. The predicted octanol–water partition coefficient (Wildman–Crippen LogP) is 2.14. The highest BCUT2D eigenvalue weighted by molar-refractivity contribution is 6.39. The van der Waals surface area contributed by atoms with Crippen LogP contribution >= 0.6 is 0 Å². The standard InChI is InChI=1S/C20H22N2O6/c1-4-28-20(25)14-6-8-15(9-7-14)22-19(24)18(23)21-12-13-5-10-16(26-2)17(11-13)27-3/h5-11H,4,12H2,1-3H3,(H,21,23)(H,22,24). The molecule has 0 unspecified atom stereocenters. The third-order valence-corrected chi connectivity index (χ3v) is 3.76. The van der Waals surface area contributed by atoms with E-state index in [-0.39, 0.29) is 13.2 Å². The summed E-state index contributed by atoms with van der Waals surface area (Å²) in [4.78, 5) is 35.6. The van der Waals surface area contributed by atoms with Crippen LogP contribution in [0.1, 0.15) is 22.8 Å². The number of anilines is 1. The van der Waals surface area contributed by atoms with Gasteiger partial charge in [-0.1, -0.05) is 6.07 Å². The van der Waals surface area contributed by atoms with E-state index in [1.54, 1.807) is 25.1 Å². The Morgan fingerprint density at radius 3 is 2.18 bits per heavy atom. The van der Waals surface area contributed by atoms with Crippen LogP contribution in [0, 0.1) is 0 Å². The van der Waals surface area contributed by atoms with Crippen LogP contribution in [0.25, 0.3) is 0 Å². The number of methoxy groups -OCH3 is 2. The molecular formula is C20H22N2O6. The summed E-state index contributed by atoms with van der Waals surface area (Å²) in [6.45, 7) is 2.14. The van der Waals surface area contributed by atoms with Gasteiger partial charge in [-0.2, -0.15) is 0 Å². The van der Waals surface area contributed by atoms with Gasteiger partial charge < -0.3 is 24.8 Å². The first-order chi connectivity index (χ1) is 13.5. The maximum atomic E-state index is 12.0. The molecule has 2 amide bonds. The number of nitrogens with one attached hydrogen (secondary N) is 2. The van der Waals surface area contributed by atoms with Crippen LogP contribution in [0.2, 0.25) is 0 Å². The summed E-state index contributed by atoms with van der Waals surface area (Å²) in [5.41, 5.74) is 1.50. The van der Waals surface area contributed by atoms with E-state index >= 15 is 0 Å². The Hall–Kier alpha value is -3.55. The third-order valence-electron chi connectivity index (χ3n) is 3.76. The average molecular weight is 386 g/mol. The minimum absolute atomic E-state index is 0.147. The Morgan fingerprint density at radius 1 is 0.893 bits per heavy atom. The van der Waals surface area contributed by atoms with Gasteiger partial charge in [0.1, 0.15) is 0 Å². The summed E-state index contributed by atoms with van der Waals surface area (Å²) in [6.07, 6.45) is 0. The number of hydrogen-bond acceptors (Lipinski definition) is 6. The summed E-state index contributed by atoms with van der Waals surface area (Å²) in [5, 5.41) is 5.00. The topological polar surface area (TPSA) is 103 Å². The Labute approximate surface area is 162 Å². The maximum Gasteiger partial charge on any atom is 0.338 e. The average Bonchev–Trinajstić information content (AvgIpc) is 2.72. The van der Waals surface area contributed by atoms with Gasteiger partial charge in [0.2, 0.25) is 0 Å². The quantitative estimate of drug-likeness (QED) is 0.558. The second kappa shape index (κ2) is 9.96. The summed E-state index contributed by atoms with van der Waals surface area (Å²) >= 11 is 0. The van der Waals surface area contributed by atoms with Crippen molar-refractivity contribution in [1.82, 2.24) is 5.32 Å². The molecule has 0 spiro atoms. The van der Waals surface area contributed by atoms with E-state index in [4.69, 9.17) is 14.2 Å². The van der Waals surface area contributed by atoms with Crippen LogP contribution in [-0.2, 0) is 20.9 Å². The zero-order valence-electron chi connectivity index (χ0n) is 15.9. The molecule has 8 heteroatoms. The molecule has 0 radical (unpaired) electrons. The fourth-order valence-electron chi connectivity index (χ4n) is 2.35. The van der Waals surface area contributed by atoms with Gasteiger partial charge >= 0.3 is 17.8 Å². The summed E-state index contributed by atoms with van der Waals surface area (Å²) in [5.74, 6) is -0.955. The van der Waals surface area contributed by atoms with Crippen LogP contribution in [0.15, 0.2) is 42.5 Å². The lowest BCUT2D eigenvalue weighted by Crippen LogP contribution is -2.34. The first kappa shape index (κ1) is 20.8. The van der Waals surface area contributed by atoms with Crippen molar-refractivity contribution in [2.75, 3.05) is 26.1 Å². The van der Waals surface area contributed by atoms with Crippen LogP contribution in [0.4, 0.5) is 5.69 Å². The van der Waals surface area contributed by atoms with Crippen LogP contribution in [0.3, 0.4) is 0 Å². The molecule has 0 fully saturated rings. The zero-order valence-corrected chi connectivity index (χ0v) is 15.9. The highest BCUT2D eigenvalue weighted by atomic mass is 16.5. The highest BCUT2D eigenvalue weighted by Gasteiger charge is 2.14. The first-order valence-electron chi connectivity index (χ1n) is 8.55. The van der Waals surface area contributed by atoms with Gasteiger partial charge in [-0.15, -0.1) is 0 Å². The number of rotatable bonds is 7. The Morgan fingerprint density at radius 2 is 1.57 bits per heavy atom. The molecule has 8 nitrogen and oxygen atoms in total. The number of benzene rings is 2. The zero-order chi connectivity index (χ0) is 20.5. The van der Waals surface area contributed by atoms with Crippen molar-refractivity contribution >= 4 is 23.5 Å². The first-order valence-corrected chi connectivity index (χ1v) is 8.55. The minimum atomic E-state index is -0.815. The van der Waals surface area contributed by atoms with E-state index in [0.29, 0.717) is 22.7 Å². The number of hydrogen-bond donors (Lipinski definition) is 2. The molecule has 0 atom stereocenters. The molecule has 0 saturated carbocycles. The van der Waals surface area contributed by atoms with Gasteiger partial charge in [0.25, 0.3) is 0 Å². The van der Waals surface area contributed by atoms with E-state index in [0.717, 1.165) is 5.56 Å². The van der Waals surface area contributed by atoms with Gasteiger partial charge in [0.15, 0.2) is 11.5 Å². The summed E-state index contributed by atoms with van der Waals surface area (Å²) < 4.78 is 15.2. The molecule has 0 heterocycles. The van der Waals surface area contributed by atoms with Gasteiger partial charge in [-0.3, -0.25) is 9.59 Å². The van der Waals surface area contributed by atoms with E-state index in [9.17, 15) is 14.4 Å². The molecule has 0 aromatic heterocycles. The monoisotopic (exact) mass is 386 g/mol. The molecule has 0 aliphatic carbocycles. The van der Waals surface area contributed by atoms with Crippen molar-refractivity contribution in [2.24, 2.45) is 0 Å². The van der Waals surface area contributed by atoms with Gasteiger partial charge in [0, 0.05) is 12.2 Å². The third kappa shape index (κ3) is 5.47. The number of carbonyl (C=O) groups is 3. The lowest BCUT2D eigenvalue weighted by molar-refractivity contribution is -0.136. The van der Waals surface area contributed by atoms with Crippen molar-refractivity contribution in [3.05, 3.63) is 53.6 Å². The molecule has 0 saturated heterocycles. The van der Waals surface area contributed by atoms with E-state index < -0.39 is 17.8 Å². The van der Waals surface area contributed by atoms with Gasteiger partial charge in [-0.25, -0.2) is 4.79 Å². The number of ether oxygens (including phenoxy) is 3. The largest absolute Gasteiger partial charge is 0.493 e. The minimum Gasteiger partial charge on any atom is -0.493 e. The SMILES string of the molecule is CCOC(=O)c1ccc(NC(=O)C(=O)NCc2ccc(OC)c(OC)c2)cc1. The fourth-order valence-corrected chi connectivity index (χ4v) is 2.35. The van der Waals surface area contributed by atoms with Gasteiger partial charge in [-0.05, 0) is 48.9 Å². The molecule has 28 heavy (non-hydrogen) atoms. The molecule has 2 rings (SSSR count). The highest BCUT2D eigenvalue weighted by Crippen LogP contribution is 2.27. The van der Waals surface area contributed by atoms with Crippen LogP contribution < -0.4 is 20.1 Å². The predicted molar refractivity (Wildman–Crippen MR) is 102 cm³/mol. The lowest BCUT2D eigenvalue weighted by Gasteiger charge is -2.10. The Balaban J connectivity index is 1.91. The fraction of sp³-hybridized carbons (Fsp3) is 0.250. The molecule has 0 aliphatic heterocycles. The van der Waals surface area contributed by atoms with Gasteiger partial charge in [0.05, 0.1) is 26.4 Å². The maximum absolute atomic E-state index is 12.0. The van der Waals surface area contributed by atoms with E-state index in [2.05, 4.69) is 10.6 Å². The number of amides is 2. The van der Waals surface area contributed by atoms with Crippen molar-refractivity contribution in [2.45, 2.75) is 13.5 Å². The molecule has 148 valence electrons. The van der Waals surface area contributed by atoms with Crippen LogP contribution in [-0.4, -0.2) is 38.6 Å². The Kier molecular flexibility index (Phi) is 7.38. The number of esters is 1. The van der Waals surface area contributed by atoms with E-state index in [1.165, 1.54) is 38.5 Å².